The summed E-state index contributed by atoms with van der Waals surface area (Å²) in [4.78, 5) is 36.3. The number of carbonyl (C=O) groups is 3. The fraction of sp³-hybridized carbons (Fsp3) is 0.809. The van der Waals surface area contributed by atoms with E-state index < -0.39 is 12.0 Å². The summed E-state index contributed by atoms with van der Waals surface area (Å²) in [7, 11) is 0. The van der Waals surface area contributed by atoms with Gasteiger partial charge in [0, 0.05) is 12.8 Å². The Kier molecular flexibility index (Phi) is 39.9. The Bertz CT molecular complexity index is 946. The number of esters is 1. The minimum Gasteiger partial charge on any atom is -0.480 e. The van der Waals surface area contributed by atoms with Crippen molar-refractivity contribution in [1.29, 1.82) is 0 Å². The maximum atomic E-state index is 12.7. The molecule has 0 saturated heterocycles. The highest BCUT2D eigenvalue weighted by Gasteiger charge is 2.19. The van der Waals surface area contributed by atoms with Gasteiger partial charge in [0.15, 0.2) is 0 Å². The predicted octanol–water partition coefficient (Wildman–Crippen LogP) is 13.0. The summed E-state index contributed by atoms with van der Waals surface area (Å²) in [5.74, 6) is -1.35. The highest BCUT2D eigenvalue weighted by atomic mass is 16.5. The van der Waals surface area contributed by atoms with Gasteiger partial charge in [0.2, 0.25) is 5.91 Å². The highest BCUT2D eigenvalue weighted by Crippen LogP contribution is 2.16. The standard InChI is InChI=1S/C47H86N2O5/c1-3-5-7-9-11-12-13-14-15-16-17-18-19-20-21-22-23-24-25-26-27-29-35-41-46(51)54-43(37-32-28-10-8-6-4-2)38-33-30-31-34-40-45(50)49-44(47(52)53)39-36-42-48/h8,10,16-17,32,37,43-44H,3-7,9,11-15,18-31,33-36,38-42,48H2,1-2H3,(H,49,50)(H,52,53)/b10-8-,17-16-,37-32-. The lowest BCUT2D eigenvalue weighted by Crippen LogP contribution is -2.40. The molecule has 0 aliphatic heterocycles. The lowest BCUT2D eigenvalue weighted by atomic mass is 10.0. The van der Waals surface area contributed by atoms with Gasteiger partial charge in [0.25, 0.3) is 0 Å². The smallest absolute Gasteiger partial charge is 0.326 e. The second-order valence-corrected chi connectivity index (χ2v) is 15.5. The maximum absolute atomic E-state index is 12.7. The number of carboxylic acid groups (broad SMARTS) is 1. The average molecular weight is 759 g/mol. The average Bonchev–Trinajstić information content (AvgIpc) is 3.16. The van der Waals surface area contributed by atoms with E-state index in [0.717, 1.165) is 57.8 Å². The van der Waals surface area contributed by atoms with Crippen molar-refractivity contribution in [3.05, 3.63) is 36.5 Å². The number of aliphatic carboxylic acids is 1. The van der Waals surface area contributed by atoms with Crippen LogP contribution in [0.4, 0.5) is 0 Å². The van der Waals surface area contributed by atoms with E-state index >= 15 is 0 Å². The number of unbranched alkanes of at least 4 members (excludes halogenated alkanes) is 23. The van der Waals surface area contributed by atoms with Crippen LogP contribution in [0.3, 0.4) is 0 Å². The van der Waals surface area contributed by atoms with Crippen molar-refractivity contribution in [3.8, 4) is 0 Å². The SMILES string of the molecule is CCC/C=C\C/C=C\C(CCCCCCC(=O)NC(CCCN)C(=O)O)OC(=O)CCCCCCCCCCCCC/C=C\CCCCCCCCCC. The van der Waals surface area contributed by atoms with Gasteiger partial charge >= 0.3 is 11.9 Å². The minimum absolute atomic E-state index is 0.107. The van der Waals surface area contributed by atoms with Crippen molar-refractivity contribution in [2.75, 3.05) is 6.54 Å². The van der Waals surface area contributed by atoms with Crippen molar-refractivity contribution in [3.63, 3.8) is 0 Å². The molecule has 0 heterocycles. The van der Waals surface area contributed by atoms with E-state index in [4.69, 9.17) is 10.5 Å². The van der Waals surface area contributed by atoms with Crippen LogP contribution in [0.1, 0.15) is 226 Å². The summed E-state index contributed by atoms with van der Waals surface area (Å²) in [5.41, 5.74) is 5.48. The summed E-state index contributed by atoms with van der Waals surface area (Å²) in [6, 6.07) is -0.873. The zero-order chi connectivity index (χ0) is 39.6. The minimum atomic E-state index is -1.02. The number of nitrogens with one attached hydrogen (secondary N) is 1. The van der Waals surface area contributed by atoms with Crippen molar-refractivity contribution in [1.82, 2.24) is 5.32 Å². The Labute approximate surface area is 333 Å². The zero-order valence-corrected chi connectivity index (χ0v) is 35.3. The van der Waals surface area contributed by atoms with Crippen LogP contribution < -0.4 is 11.1 Å². The van der Waals surface area contributed by atoms with Crippen LogP contribution in [-0.2, 0) is 19.1 Å². The summed E-state index contributed by atoms with van der Waals surface area (Å²) >= 11 is 0. The number of hydrogen-bond acceptors (Lipinski definition) is 5. The molecule has 2 unspecified atom stereocenters. The topological polar surface area (TPSA) is 119 Å². The zero-order valence-electron chi connectivity index (χ0n) is 35.3. The first-order valence-corrected chi connectivity index (χ1v) is 22.8. The number of nitrogens with two attached hydrogens (primary N) is 1. The molecule has 0 fully saturated rings. The predicted molar refractivity (Wildman–Crippen MR) is 230 cm³/mol. The van der Waals surface area contributed by atoms with Crippen LogP contribution in [0.25, 0.3) is 0 Å². The second-order valence-electron chi connectivity index (χ2n) is 15.5. The van der Waals surface area contributed by atoms with Gasteiger partial charge in [-0.15, -0.1) is 0 Å². The summed E-state index contributed by atoms with van der Waals surface area (Å²) < 4.78 is 5.89. The first kappa shape index (κ1) is 51.6. The van der Waals surface area contributed by atoms with Gasteiger partial charge in [0.05, 0.1) is 0 Å². The van der Waals surface area contributed by atoms with Gasteiger partial charge in [-0.25, -0.2) is 4.79 Å². The van der Waals surface area contributed by atoms with Gasteiger partial charge in [-0.3, -0.25) is 9.59 Å². The molecule has 7 heteroatoms. The molecule has 2 atom stereocenters. The summed E-state index contributed by atoms with van der Waals surface area (Å²) in [6.45, 7) is 4.85. The van der Waals surface area contributed by atoms with Gasteiger partial charge in [-0.1, -0.05) is 166 Å². The van der Waals surface area contributed by atoms with Gasteiger partial charge < -0.3 is 20.9 Å². The molecule has 0 bridgehead atoms. The van der Waals surface area contributed by atoms with Crippen LogP contribution in [0.2, 0.25) is 0 Å². The Balaban J connectivity index is 4.00. The molecule has 314 valence electrons. The third-order valence-electron chi connectivity index (χ3n) is 10.1. The fourth-order valence-corrected chi connectivity index (χ4v) is 6.70. The Morgan fingerprint density at radius 3 is 1.59 bits per heavy atom. The van der Waals surface area contributed by atoms with Crippen LogP contribution >= 0.6 is 0 Å². The van der Waals surface area contributed by atoms with Crippen LogP contribution in [0.5, 0.6) is 0 Å². The number of ether oxygens (including phenoxy) is 1. The number of rotatable bonds is 41. The quantitative estimate of drug-likeness (QED) is 0.0324. The molecule has 0 aromatic rings. The molecule has 7 nitrogen and oxygen atoms in total. The van der Waals surface area contributed by atoms with Gasteiger partial charge in [-0.05, 0) is 89.7 Å². The van der Waals surface area contributed by atoms with Crippen LogP contribution in [0.15, 0.2) is 36.5 Å². The Hall–Kier alpha value is -2.41. The number of allylic oxidation sites excluding steroid dienone is 5. The van der Waals surface area contributed by atoms with E-state index in [0.29, 0.717) is 38.6 Å². The maximum Gasteiger partial charge on any atom is 0.326 e. The van der Waals surface area contributed by atoms with Crippen LogP contribution in [-0.4, -0.2) is 41.6 Å². The normalized spacial score (nSPS) is 12.9. The second kappa shape index (κ2) is 41.7. The molecule has 0 aromatic carbocycles. The first-order chi connectivity index (χ1) is 26.4. The molecule has 0 saturated carbocycles. The molecular weight excluding hydrogens is 673 g/mol. The van der Waals surface area contributed by atoms with Crippen molar-refractivity contribution in [2.24, 2.45) is 5.73 Å². The van der Waals surface area contributed by atoms with E-state index in [9.17, 15) is 19.5 Å². The number of amides is 1. The third kappa shape index (κ3) is 37.9. The van der Waals surface area contributed by atoms with Crippen molar-refractivity contribution in [2.45, 2.75) is 238 Å². The summed E-state index contributed by atoms with van der Waals surface area (Å²) in [5, 5.41) is 11.9. The molecule has 0 spiro atoms. The largest absolute Gasteiger partial charge is 0.480 e. The van der Waals surface area contributed by atoms with E-state index in [-0.39, 0.29) is 18.0 Å². The first-order valence-electron chi connectivity index (χ1n) is 22.8. The van der Waals surface area contributed by atoms with E-state index in [1.165, 1.54) is 122 Å². The lowest BCUT2D eigenvalue weighted by Gasteiger charge is -2.15. The lowest BCUT2D eigenvalue weighted by molar-refractivity contribution is -0.147. The van der Waals surface area contributed by atoms with E-state index in [1.807, 2.05) is 6.08 Å². The number of carboxylic acids is 1. The van der Waals surface area contributed by atoms with Crippen molar-refractivity contribution >= 4 is 17.8 Å². The van der Waals surface area contributed by atoms with Crippen LogP contribution in [0, 0.1) is 0 Å². The molecule has 0 radical (unpaired) electrons. The van der Waals surface area contributed by atoms with Gasteiger partial charge in [0.1, 0.15) is 12.1 Å². The molecular formula is C47H86N2O5. The number of hydrogen-bond donors (Lipinski definition) is 3. The van der Waals surface area contributed by atoms with E-state index in [2.05, 4.69) is 49.5 Å². The molecule has 54 heavy (non-hydrogen) atoms. The molecule has 4 N–H and O–H groups in total. The molecule has 0 aliphatic rings. The monoisotopic (exact) mass is 759 g/mol. The molecule has 1 amide bonds. The Morgan fingerprint density at radius 1 is 0.556 bits per heavy atom. The number of carbonyl (C=O) groups excluding carboxylic acids is 2. The molecule has 0 rings (SSSR count). The molecule has 0 aliphatic carbocycles. The fourth-order valence-electron chi connectivity index (χ4n) is 6.70. The third-order valence-corrected chi connectivity index (χ3v) is 10.1. The van der Waals surface area contributed by atoms with E-state index in [1.54, 1.807) is 0 Å². The molecule has 0 aromatic heterocycles. The highest BCUT2D eigenvalue weighted by molar-refractivity contribution is 5.83. The van der Waals surface area contributed by atoms with Crippen molar-refractivity contribution < 1.29 is 24.2 Å². The Morgan fingerprint density at radius 2 is 1.06 bits per heavy atom. The van der Waals surface area contributed by atoms with Gasteiger partial charge in [-0.2, -0.15) is 0 Å². The summed E-state index contributed by atoms with van der Waals surface area (Å²) in [6.07, 6.45) is 49.5.